The summed E-state index contributed by atoms with van der Waals surface area (Å²) in [7, 11) is 0. The second kappa shape index (κ2) is 6.33. The summed E-state index contributed by atoms with van der Waals surface area (Å²) in [6.45, 7) is 8.60. The van der Waals surface area contributed by atoms with Crippen molar-refractivity contribution in [1.82, 2.24) is 14.7 Å². The molecule has 3 saturated heterocycles. The molecule has 4 heteroatoms. The van der Waals surface area contributed by atoms with Crippen molar-refractivity contribution in [3.63, 3.8) is 0 Å². The number of nitrogens with zero attached hydrogens (tertiary/aromatic N) is 3. The molecular weight excluding hydrogens is 250 g/mol. The Bertz CT molecular complexity index is 341. The number of hydrogen-bond donors (Lipinski definition) is 0. The van der Waals surface area contributed by atoms with Gasteiger partial charge in [-0.25, -0.2) is 4.79 Å². The summed E-state index contributed by atoms with van der Waals surface area (Å²) in [5.74, 6) is 0.674. The fourth-order valence-electron chi connectivity index (χ4n) is 4.06. The van der Waals surface area contributed by atoms with Crippen molar-refractivity contribution < 1.29 is 4.79 Å². The standard InChI is InChI=1S/C16H29N3O/c1-14-6-5-10-18(12-14)16(20)19-11-7-15(13-19)17-8-3-2-4-9-17/h14-15H,2-13H2,1H3. The summed E-state index contributed by atoms with van der Waals surface area (Å²) >= 11 is 0. The molecule has 0 N–H and O–H groups in total. The monoisotopic (exact) mass is 279 g/mol. The Labute approximate surface area is 123 Å². The smallest absolute Gasteiger partial charge is 0.320 e. The lowest BCUT2D eigenvalue weighted by Crippen LogP contribution is -2.48. The maximum atomic E-state index is 12.6. The van der Waals surface area contributed by atoms with E-state index >= 15 is 0 Å². The number of likely N-dealkylation sites (tertiary alicyclic amines) is 3. The average molecular weight is 279 g/mol. The van der Waals surface area contributed by atoms with Crippen molar-refractivity contribution in [2.24, 2.45) is 5.92 Å². The van der Waals surface area contributed by atoms with Crippen LogP contribution in [0.4, 0.5) is 4.79 Å². The maximum Gasteiger partial charge on any atom is 0.320 e. The highest BCUT2D eigenvalue weighted by atomic mass is 16.2. The molecule has 0 saturated carbocycles. The second-order valence-electron chi connectivity index (χ2n) is 6.96. The van der Waals surface area contributed by atoms with E-state index in [1.165, 1.54) is 51.6 Å². The predicted molar refractivity (Wildman–Crippen MR) is 80.8 cm³/mol. The van der Waals surface area contributed by atoms with Crippen LogP contribution in [0.5, 0.6) is 0 Å². The predicted octanol–water partition coefficient (Wildman–Crippen LogP) is 2.40. The van der Waals surface area contributed by atoms with Crippen molar-refractivity contribution >= 4 is 6.03 Å². The highest BCUT2D eigenvalue weighted by Crippen LogP contribution is 2.23. The number of hydrogen-bond acceptors (Lipinski definition) is 2. The molecule has 3 rings (SSSR count). The second-order valence-corrected chi connectivity index (χ2v) is 6.96. The lowest BCUT2D eigenvalue weighted by atomic mass is 10.0. The van der Waals surface area contributed by atoms with Gasteiger partial charge >= 0.3 is 6.03 Å². The van der Waals surface area contributed by atoms with Gasteiger partial charge in [0.15, 0.2) is 0 Å². The summed E-state index contributed by atoms with van der Waals surface area (Å²) in [6, 6.07) is 0.928. The van der Waals surface area contributed by atoms with Gasteiger partial charge in [-0.2, -0.15) is 0 Å². The molecule has 0 radical (unpaired) electrons. The molecule has 0 spiro atoms. The van der Waals surface area contributed by atoms with Gasteiger partial charge in [-0.3, -0.25) is 4.90 Å². The maximum absolute atomic E-state index is 12.6. The van der Waals surface area contributed by atoms with E-state index in [1.807, 2.05) is 0 Å². The van der Waals surface area contributed by atoms with Crippen LogP contribution in [0.25, 0.3) is 0 Å². The third kappa shape index (κ3) is 3.11. The van der Waals surface area contributed by atoms with Gasteiger partial charge in [0.1, 0.15) is 0 Å². The van der Waals surface area contributed by atoms with Gasteiger partial charge in [0.25, 0.3) is 0 Å². The van der Waals surface area contributed by atoms with Crippen LogP contribution in [-0.4, -0.2) is 66.0 Å². The van der Waals surface area contributed by atoms with Crippen molar-refractivity contribution in [1.29, 1.82) is 0 Å². The molecule has 0 aromatic heterocycles. The summed E-state index contributed by atoms with van der Waals surface area (Å²) in [5, 5.41) is 0. The first-order valence-corrected chi connectivity index (χ1v) is 8.52. The van der Waals surface area contributed by atoms with Crippen LogP contribution in [0.1, 0.15) is 45.4 Å². The van der Waals surface area contributed by atoms with E-state index in [0.717, 1.165) is 26.2 Å². The van der Waals surface area contributed by atoms with Crippen LogP contribution in [-0.2, 0) is 0 Å². The summed E-state index contributed by atoms with van der Waals surface area (Å²) in [5.41, 5.74) is 0. The van der Waals surface area contributed by atoms with Crippen LogP contribution in [0.3, 0.4) is 0 Å². The first-order chi connectivity index (χ1) is 9.74. The number of amides is 2. The van der Waals surface area contributed by atoms with E-state index < -0.39 is 0 Å². The normalized spacial score (nSPS) is 32.6. The molecule has 0 bridgehead atoms. The highest BCUT2D eigenvalue weighted by molar-refractivity contribution is 5.75. The average Bonchev–Trinajstić information content (AvgIpc) is 2.97. The third-order valence-electron chi connectivity index (χ3n) is 5.27. The Morgan fingerprint density at radius 1 is 0.850 bits per heavy atom. The van der Waals surface area contributed by atoms with Crippen molar-refractivity contribution in [3.8, 4) is 0 Å². The lowest BCUT2D eigenvalue weighted by molar-refractivity contribution is 0.129. The minimum atomic E-state index is 0.302. The zero-order chi connectivity index (χ0) is 13.9. The van der Waals surface area contributed by atoms with Crippen LogP contribution in [0, 0.1) is 5.92 Å². The molecule has 3 fully saturated rings. The first kappa shape index (κ1) is 14.2. The Hall–Kier alpha value is -0.770. The van der Waals surface area contributed by atoms with Crippen LogP contribution in [0.2, 0.25) is 0 Å². The molecule has 20 heavy (non-hydrogen) atoms. The molecule has 3 aliphatic heterocycles. The van der Waals surface area contributed by atoms with E-state index in [1.54, 1.807) is 0 Å². The van der Waals surface area contributed by atoms with E-state index in [4.69, 9.17) is 0 Å². The van der Waals surface area contributed by atoms with Gasteiger partial charge in [0.2, 0.25) is 0 Å². The van der Waals surface area contributed by atoms with Gasteiger partial charge < -0.3 is 9.80 Å². The van der Waals surface area contributed by atoms with Crippen molar-refractivity contribution in [2.45, 2.75) is 51.5 Å². The highest BCUT2D eigenvalue weighted by Gasteiger charge is 2.33. The lowest BCUT2D eigenvalue weighted by Gasteiger charge is -2.35. The van der Waals surface area contributed by atoms with Gasteiger partial charge in [0.05, 0.1) is 0 Å². The Balaban J connectivity index is 1.52. The molecule has 3 heterocycles. The number of piperidine rings is 2. The van der Waals surface area contributed by atoms with Crippen LogP contribution < -0.4 is 0 Å². The quantitative estimate of drug-likeness (QED) is 0.737. The zero-order valence-electron chi connectivity index (χ0n) is 12.9. The minimum absolute atomic E-state index is 0.302. The Kier molecular flexibility index (Phi) is 4.49. The number of urea groups is 1. The molecule has 0 aromatic rings. The van der Waals surface area contributed by atoms with Gasteiger partial charge in [0, 0.05) is 32.2 Å². The molecule has 114 valence electrons. The zero-order valence-corrected chi connectivity index (χ0v) is 12.9. The molecule has 2 atom stereocenters. The largest absolute Gasteiger partial charge is 0.324 e. The van der Waals surface area contributed by atoms with E-state index in [-0.39, 0.29) is 0 Å². The molecule has 0 aromatic carbocycles. The number of carbonyl (C=O) groups is 1. The molecule has 3 aliphatic rings. The van der Waals surface area contributed by atoms with E-state index in [9.17, 15) is 4.79 Å². The van der Waals surface area contributed by atoms with Crippen LogP contribution in [0.15, 0.2) is 0 Å². The van der Waals surface area contributed by atoms with E-state index in [2.05, 4.69) is 21.6 Å². The van der Waals surface area contributed by atoms with E-state index in [0.29, 0.717) is 18.0 Å². The first-order valence-electron chi connectivity index (χ1n) is 8.52. The molecule has 0 aliphatic carbocycles. The van der Waals surface area contributed by atoms with Gasteiger partial charge in [-0.1, -0.05) is 13.3 Å². The molecule has 2 amide bonds. The third-order valence-corrected chi connectivity index (χ3v) is 5.27. The van der Waals surface area contributed by atoms with Crippen molar-refractivity contribution in [2.75, 3.05) is 39.3 Å². The summed E-state index contributed by atoms with van der Waals surface area (Å²) in [4.78, 5) is 19.4. The fourth-order valence-corrected chi connectivity index (χ4v) is 4.06. The van der Waals surface area contributed by atoms with Crippen LogP contribution >= 0.6 is 0 Å². The summed E-state index contributed by atoms with van der Waals surface area (Å²) < 4.78 is 0. The fraction of sp³-hybridized carbons (Fsp3) is 0.938. The minimum Gasteiger partial charge on any atom is -0.324 e. The molecule has 4 nitrogen and oxygen atoms in total. The summed E-state index contributed by atoms with van der Waals surface area (Å²) in [6.07, 6.45) is 7.70. The number of carbonyl (C=O) groups excluding carboxylic acids is 1. The molecule has 2 unspecified atom stereocenters. The molecular formula is C16H29N3O. The van der Waals surface area contributed by atoms with Gasteiger partial charge in [-0.05, 0) is 51.1 Å². The SMILES string of the molecule is CC1CCCN(C(=O)N2CCC(N3CCCCC3)C2)C1. The van der Waals surface area contributed by atoms with Crippen molar-refractivity contribution in [3.05, 3.63) is 0 Å². The Morgan fingerprint density at radius 2 is 1.60 bits per heavy atom. The topological polar surface area (TPSA) is 26.8 Å². The number of rotatable bonds is 1. The van der Waals surface area contributed by atoms with Gasteiger partial charge in [-0.15, -0.1) is 0 Å². The Morgan fingerprint density at radius 3 is 2.35 bits per heavy atom.